The van der Waals surface area contributed by atoms with Crippen molar-refractivity contribution in [2.45, 2.75) is 0.515 Å². The zero-order valence-corrected chi connectivity index (χ0v) is 12.5. The fraction of sp³-hybridized carbons (Fsp3) is 0.111. The van der Waals surface area contributed by atoms with Crippen molar-refractivity contribution in [2.75, 3.05) is 0 Å². The summed E-state index contributed by atoms with van der Waals surface area (Å²) in [7, 11) is 0. The molecule has 1 heterocycles. The van der Waals surface area contributed by atoms with Gasteiger partial charge in [0.15, 0.2) is 0 Å². The number of para-hydroxylation sites is 1. The minimum atomic E-state index is 0. The Bertz CT molecular complexity index is 369. The molecule has 1 aromatic heterocycles. The Hall–Kier alpha value is 1.13. The van der Waals surface area contributed by atoms with E-state index in [-0.39, 0.29) is 24.0 Å². The Balaban J connectivity index is 0.000000720. The molecule has 58 valence electrons. The molecule has 3 heteroatoms. The molecule has 2 aromatic rings. The van der Waals surface area contributed by atoms with E-state index in [9.17, 15) is 0 Å². The number of H-pyrrole nitrogens is 1. The predicted octanol–water partition coefficient (Wildman–Crippen LogP) is 2.45. The Labute approximate surface area is 123 Å². The van der Waals surface area contributed by atoms with Crippen molar-refractivity contribution in [3.05, 3.63) is 36.0 Å². The van der Waals surface area contributed by atoms with Crippen molar-refractivity contribution < 1.29 is 0 Å². The van der Waals surface area contributed by atoms with Gasteiger partial charge in [-0.25, -0.2) is 0 Å². The van der Waals surface area contributed by atoms with Crippen LogP contribution >= 0.6 is 24.0 Å². The molecular formula is C9H9IKN. The van der Waals surface area contributed by atoms with Gasteiger partial charge in [-0.15, -0.1) is 24.0 Å². The molecule has 0 spiro atoms. The molecule has 0 aliphatic rings. The first-order valence-corrected chi connectivity index (χ1v) is 6.17. The number of aromatic nitrogens is 1. The third-order valence-electron chi connectivity index (χ3n) is 2.06. The van der Waals surface area contributed by atoms with E-state index in [0.29, 0.717) is 0 Å². The van der Waals surface area contributed by atoms with Gasteiger partial charge in [0.05, 0.1) is 0 Å². The van der Waals surface area contributed by atoms with Crippen LogP contribution < -0.4 is 0 Å². The molecule has 0 unspecified atom stereocenters. The van der Waals surface area contributed by atoms with Gasteiger partial charge in [-0.1, -0.05) is 0 Å². The molecule has 0 radical (unpaired) electrons. The average molecular weight is 297 g/mol. The Kier molecular flexibility index (Phi) is 4.78. The van der Waals surface area contributed by atoms with Crippen molar-refractivity contribution >= 4 is 83.8 Å². The van der Waals surface area contributed by atoms with E-state index in [4.69, 9.17) is 0 Å². The van der Waals surface area contributed by atoms with E-state index in [2.05, 4.69) is 35.4 Å². The normalized spacial score (nSPS) is 9.83. The van der Waals surface area contributed by atoms with Crippen LogP contribution in [-0.2, 0) is 0.515 Å². The molecule has 1 nitrogen and oxygen atoms in total. The summed E-state index contributed by atoms with van der Waals surface area (Å²) in [4.78, 5) is 3.27. The molecule has 0 aliphatic heterocycles. The van der Waals surface area contributed by atoms with Crippen LogP contribution in [0.1, 0.15) is 5.56 Å². The summed E-state index contributed by atoms with van der Waals surface area (Å²) in [5, 5.41) is 1.40. The van der Waals surface area contributed by atoms with Crippen LogP contribution in [0.4, 0.5) is 0 Å². The van der Waals surface area contributed by atoms with Crippen LogP contribution in [0.2, 0.25) is 0 Å². The van der Waals surface area contributed by atoms with Gasteiger partial charge in [-0.05, 0) is 0 Å². The van der Waals surface area contributed by atoms with Crippen molar-refractivity contribution in [1.29, 1.82) is 0 Å². The zero-order valence-electron chi connectivity index (χ0n) is 7.00. The Morgan fingerprint density at radius 3 is 2.75 bits per heavy atom. The Morgan fingerprint density at radius 1 is 1.25 bits per heavy atom. The molecule has 1 N–H and O–H groups in total. The van der Waals surface area contributed by atoms with Crippen LogP contribution in [0.5, 0.6) is 0 Å². The summed E-state index contributed by atoms with van der Waals surface area (Å²) < 4.78 is 1.29. The molecule has 1 aromatic carbocycles. The maximum atomic E-state index is 3.27. The Morgan fingerprint density at radius 2 is 2.00 bits per heavy atom. The van der Waals surface area contributed by atoms with Crippen LogP contribution in [0, 0.1) is 0 Å². The summed E-state index contributed by atoms with van der Waals surface area (Å²) in [5.74, 6) is 0. The fourth-order valence-corrected chi connectivity index (χ4v) is 2.34. The van der Waals surface area contributed by atoms with E-state index in [1.54, 1.807) is 0 Å². The first kappa shape index (κ1) is 11.2. The summed E-state index contributed by atoms with van der Waals surface area (Å²) in [6.07, 6.45) is 2.13. The maximum absolute atomic E-state index is 3.27. The molecule has 0 aliphatic carbocycles. The van der Waals surface area contributed by atoms with Crippen LogP contribution in [-0.4, -0.2) is 53.9 Å². The van der Waals surface area contributed by atoms with Gasteiger partial charge in [0, 0.05) is 0 Å². The standard InChI is InChI=1S/C9H8N.HI.K/c1-7-6-10-9-5-3-2-4-8(7)9;;/h2-6,10H,1H2;1H;. The van der Waals surface area contributed by atoms with E-state index >= 15 is 0 Å². The number of hydrogen-bond acceptors (Lipinski definition) is 0. The second-order valence-corrected chi connectivity index (χ2v) is 3.82. The number of nitrogens with one attached hydrogen (secondary N) is 1. The van der Waals surface area contributed by atoms with E-state index in [1.807, 2.05) is 0 Å². The van der Waals surface area contributed by atoms with Gasteiger partial charge >= 0.3 is 101 Å². The van der Waals surface area contributed by atoms with E-state index < -0.39 is 0 Å². The molecule has 0 saturated carbocycles. The third-order valence-corrected chi connectivity index (χ3v) is 3.25. The number of fused-ring (bicyclic) bond motifs is 1. The second kappa shape index (κ2) is 5.12. The summed E-state index contributed by atoms with van der Waals surface area (Å²) in [6, 6.07) is 8.48. The van der Waals surface area contributed by atoms with Gasteiger partial charge in [0.25, 0.3) is 0 Å². The number of halogens is 1. The van der Waals surface area contributed by atoms with Gasteiger partial charge in [0.2, 0.25) is 0 Å². The fourth-order valence-electron chi connectivity index (χ4n) is 1.42. The number of hydrogen-bond donors (Lipinski definition) is 1. The number of aromatic amines is 1. The van der Waals surface area contributed by atoms with E-state index in [1.165, 1.54) is 17.0 Å². The first-order valence-electron chi connectivity index (χ1n) is 3.97. The van der Waals surface area contributed by atoms with Gasteiger partial charge in [0.1, 0.15) is 0 Å². The average Bonchev–Trinajstić information content (AvgIpc) is 2.47. The van der Waals surface area contributed by atoms with Crippen molar-refractivity contribution in [3.63, 3.8) is 0 Å². The number of benzene rings is 1. The molecule has 12 heavy (non-hydrogen) atoms. The van der Waals surface area contributed by atoms with Crippen LogP contribution in [0.15, 0.2) is 30.5 Å². The van der Waals surface area contributed by atoms with Crippen LogP contribution in [0.25, 0.3) is 10.9 Å². The molecule has 0 saturated heterocycles. The molecule has 0 fully saturated rings. The molecular weight excluding hydrogens is 288 g/mol. The summed E-state index contributed by atoms with van der Waals surface area (Å²) in [6.45, 7) is 0. The molecule has 0 bridgehead atoms. The van der Waals surface area contributed by atoms with E-state index in [0.717, 1.165) is 49.0 Å². The SMILES string of the molecule is I.[K][CH2]c1c[nH]c2ccccc12. The van der Waals surface area contributed by atoms with Crippen molar-refractivity contribution in [2.24, 2.45) is 0 Å². The predicted molar refractivity (Wildman–Crippen MR) is 63.2 cm³/mol. The van der Waals surface area contributed by atoms with Crippen LogP contribution in [0.3, 0.4) is 0 Å². The topological polar surface area (TPSA) is 15.8 Å². The van der Waals surface area contributed by atoms with Gasteiger partial charge in [-0.2, -0.15) is 0 Å². The number of rotatable bonds is 1. The first-order chi connectivity index (χ1) is 5.42. The summed E-state index contributed by atoms with van der Waals surface area (Å²) >= 11 is 0.915. The molecule has 0 atom stereocenters. The quantitative estimate of drug-likeness (QED) is 0.615. The summed E-state index contributed by atoms with van der Waals surface area (Å²) in [5.41, 5.74) is 2.76. The molecule has 0 amide bonds. The third kappa shape index (κ3) is 2.13. The van der Waals surface area contributed by atoms with Gasteiger partial charge in [-0.3, -0.25) is 0 Å². The van der Waals surface area contributed by atoms with Crippen molar-refractivity contribution in [3.8, 4) is 0 Å². The minimum absolute atomic E-state index is 0. The monoisotopic (exact) mass is 297 g/mol. The van der Waals surface area contributed by atoms with Gasteiger partial charge < -0.3 is 0 Å². The van der Waals surface area contributed by atoms with Crippen molar-refractivity contribution in [1.82, 2.24) is 4.98 Å². The molecule has 2 rings (SSSR count). The second-order valence-electron chi connectivity index (χ2n) is 2.71. The zero-order chi connectivity index (χ0) is 7.68.